The molecule has 5 heteroatoms. The van der Waals surface area contributed by atoms with Crippen LogP contribution < -0.4 is 14.2 Å². The van der Waals surface area contributed by atoms with Gasteiger partial charge in [-0.3, -0.25) is 9.88 Å². The number of pyridine rings is 1. The molecule has 2 aromatic rings. The van der Waals surface area contributed by atoms with Crippen LogP contribution in [-0.2, 0) is 6.54 Å². The quantitative estimate of drug-likeness (QED) is 0.855. The molecule has 0 N–H and O–H groups in total. The zero-order valence-electron chi connectivity index (χ0n) is 14.6. The summed E-state index contributed by atoms with van der Waals surface area (Å²) < 4.78 is 17.4. The topological polar surface area (TPSA) is 43.8 Å². The second-order valence-electron chi connectivity index (χ2n) is 6.70. The molecule has 0 bridgehead atoms. The summed E-state index contributed by atoms with van der Waals surface area (Å²) in [4.78, 5) is 6.60. The van der Waals surface area contributed by atoms with Gasteiger partial charge in [0.05, 0.1) is 6.20 Å². The number of hydrogen-bond donors (Lipinski definition) is 0. The summed E-state index contributed by atoms with van der Waals surface area (Å²) in [7, 11) is 0. The molecule has 5 nitrogen and oxygen atoms in total. The Kier molecular flexibility index (Phi) is 4.74. The maximum atomic E-state index is 6.03. The largest absolute Gasteiger partial charge is 0.489 e. The monoisotopic (exact) mass is 340 g/mol. The van der Waals surface area contributed by atoms with Gasteiger partial charge in [-0.1, -0.05) is 0 Å². The first-order valence-corrected chi connectivity index (χ1v) is 8.96. The van der Waals surface area contributed by atoms with Crippen LogP contribution in [0.25, 0.3) is 0 Å². The number of hydrogen-bond acceptors (Lipinski definition) is 5. The summed E-state index contributed by atoms with van der Waals surface area (Å²) in [5.41, 5.74) is 2.58. The number of fused-ring (bicyclic) bond motifs is 1. The number of ether oxygens (including phenoxy) is 3. The van der Waals surface area contributed by atoms with Crippen LogP contribution >= 0.6 is 0 Å². The summed E-state index contributed by atoms with van der Waals surface area (Å²) in [5, 5.41) is 0. The minimum Gasteiger partial charge on any atom is -0.489 e. The van der Waals surface area contributed by atoms with Crippen molar-refractivity contribution in [2.24, 2.45) is 0 Å². The van der Waals surface area contributed by atoms with Crippen LogP contribution in [0.1, 0.15) is 24.0 Å². The molecule has 1 aromatic carbocycles. The van der Waals surface area contributed by atoms with Crippen molar-refractivity contribution >= 4 is 0 Å². The van der Waals surface area contributed by atoms with Crippen LogP contribution in [0.4, 0.5) is 0 Å². The van der Waals surface area contributed by atoms with Crippen molar-refractivity contribution in [1.29, 1.82) is 0 Å². The zero-order chi connectivity index (χ0) is 17.1. The average molecular weight is 340 g/mol. The van der Waals surface area contributed by atoms with E-state index in [1.807, 2.05) is 12.1 Å². The highest BCUT2D eigenvalue weighted by atomic mass is 16.6. The van der Waals surface area contributed by atoms with E-state index < -0.39 is 0 Å². The Morgan fingerprint density at radius 3 is 2.64 bits per heavy atom. The molecule has 2 aliphatic rings. The molecule has 0 atom stereocenters. The summed E-state index contributed by atoms with van der Waals surface area (Å²) in [6, 6.07) is 8.12. The molecule has 0 amide bonds. The van der Waals surface area contributed by atoms with Crippen LogP contribution in [0.2, 0.25) is 0 Å². The van der Waals surface area contributed by atoms with Gasteiger partial charge in [-0.05, 0) is 55.2 Å². The summed E-state index contributed by atoms with van der Waals surface area (Å²) in [6.07, 6.45) is 5.91. The van der Waals surface area contributed by atoms with Crippen molar-refractivity contribution in [3.63, 3.8) is 0 Å². The Hall–Kier alpha value is -2.27. The fraction of sp³-hybridized carbons (Fsp3) is 0.450. The second kappa shape index (κ2) is 7.31. The first kappa shape index (κ1) is 16.2. The molecule has 4 rings (SSSR count). The fourth-order valence-corrected chi connectivity index (χ4v) is 3.44. The van der Waals surface area contributed by atoms with Gasteiger partial charge in [0, 0.05) is 25.8 Å². The fourth-order valence-electron chi connectivity index (χ4n) is 3.44. The van der Waals surface area contributed by atoms with Gasteiger partial charge in [-0.15, -0.1) is 0 Å². The van der Waals surface area contributed by atoms with Crippen molar-refractivity contribution in [3.8, 4) is 17.2 Å². The van der Waals surface area contributed by atoms with E-state index in [4.69, 9.17) is 14.2 Å². The normalized spacial score (nSPS) is 18.1. The molecule has 25 heavy (non-hydrogen) atoms. The Labute approximate surface area is 148 Å². The SMILES string of the molecule is Cc1cc2c(cc1CN1CCC(Oc3cccnc3)CC1)OCCO2. The van der Waals surface area contributed by atoms with E-state index >= 15 is 0 Å². The molecular formula is C20H24N2O3. The number of nitrogens with zero attached hydrogens (tertiary/aromatic N) is 2. The van der Waals surface area contributed by atoms with E-state index in [0.29, 0.717) is 13.2 Å². The third-order valence-corrected chi connectivity index (χ3v) is 4.87. The number of aromatic nitrogens is 1. The van der Waals surface area contributed by atoms with Gasteiger partial charge in [0.25, 0.3) is 0 Å². The lowest BCUT2D eigenvalue weighted by atomic mass is 10.0. The van der Waals surface area contributed by atoms with Gasteiger partial charge in [0.2, 0.25) is 0 Å². The van der Waals surface area contributed by atoms with Crippen LogP contribution in [0.15, 0.2) is 36.7 Å². The lowest BCUT2D eigenvalue weighted by Crippen LogP contribution is -2.38. The Morgan fingerprint density at radius 1 is 1.16 bits per heavy atom. The maximum absolute atomic E-state index is 6.03. The van der Waals surface area contributed by atoms with Crippen LogP contribution in [0.5, 0.6) is 17.2 Å². The van der Waals surface area contributed by atoms with Gasteiger partial charge in [-0.2, -0.15) is 0 Å². The van der Waals surface area contributed by atoms with Crippen molar-refractivity contribution in [1.82, 2.24) is 9.88 Å². The summed E-state index contributed by atoms with van der Waals surface area (Å²) in [6.45, 7) is 6.44. The lowest BCUT2D eigenvalue weighted by molar-refractivity contribution is 0.0962. The Bertz CT molecular complexity index is 712. The standard InChI is InChI=1S/C20H24N2O3/c1-15-11-19-20(24-10-9-23-19)12-16(15)14-22-7-4-17(5-8-22)25-18-3-2-6-21-13-18/h2-3,6,11-13,17H,4-5,7-10,14H2,1H3. The molecule has 2 aliphatic heterocycles. The predicted octanol–water partition coefficient (Wildman–Crippen LogP) is 3.20. The molecule has 0 saturated carbocycles. The Morgan fingerprint density at radius 2 is 1.92 bits per heavy atom. The van der Waals surface area contributed by atoms with E-state index in [1.54, 1.807) is 12.4 Å². The van der Waals surface area contributed by atoms with Crippen LogP contribution in [0.3, 0.4) is 0 Å². The minimum atomic E-state index is 0.279. The molecule has 0 unspecified atom stereocenters. The zero-order valence-corrected chi connectivity index (χ0v) is 14.6. The first-order valence-electron chi connectivity index (χ1n) is 8.96. The van der Waals surface area contributed by atoms with E-state index in [0.717, 1.165) is 49.7 Å². The smallest absolute Gasteiger partial charge is 0.161 e. The predicted molar refractivity (Wildman–Crippen MR) is 95.3 cm³/mol. The highest BCUT2D eigenvalue weighted by molar-refractivity contribution is 5.47. The van der Waals surface area contributed by atoms with Crippen molar-refractivity contribution in [2.75, 3.05) is 26.3 Å². The molecule has 1 saturated heterocycles. The molecule has 0 radical (unpaired) electrons. The van der Waals surface area contributed by atoms with Crippen molar-refractivity contribution in [3.05, 3.63) is 47.8 Å². The number of rotatable bonds is 4. The number of piperidine rings is 1. The van der Waals surface area contributed by atoms with Crippen molar-refractivity contribution in [2.45, 2.75) is 32.4 Å². The van der Waals surface area contributed by atoms with Gasteiger partial charge in [0.15, 0.2) is 11.5 Å². The number of likely N-dealkylation sites (tertiary alicyclic amines) is 1. The van der Waals surface area contributed by atoms with Crippen molar-refractivity contribution < 1.29 is 14.2 Å². The third kappa shape index (κ3) is 3.87. The van der Waals surface area contributed by atoms with Gasteiger partial charge in [0.1, 0.15) is 25.1 Å². The molecule has 3 heterocycles. The molecule has 0 aliphatic carbocycles. The van der Waals surface area contributed by atoms with E-state index in [9.17, 15) is 0 Å². The second-order valence-corrected chi connectivity index (χ2v) is 6.70. The number of benzene rings is 1. The third-order valence-electron chi connectivity index (χ3n) is 4.87. The average Bonchev–Trinajstić information content (AvgIpc) is 2.65. The van der Waals surface area contributed by atoms with E-state index in [1.165, 1.54) is 11.1 Å². The van der Waals surface area contributed by atoms with Gasteiger partial charge in [-0.25, -0.2) is 0 Å². The molecular weight excluding hydrogens is 316 g/mol. The molecule has 1 fully saturated rings. The minimum absolute atomic E-state index is 0.279. The summed E-state index contributed by atoms with van der Waals surface area (Å²) in [5.74, 6) is 2.61. The molecule has 1 aromatic heterocycles. The Balaban J connectivity index is 1.34. The van der Waals surface area contributed by atoms with E-state index in [2.05, 4.69) is 28.9 Å². The number of aryl methyl sites for hydroxylation is 1. The van der Waals surface area contributed by atoms with Crippen LogP contribution in [-0.4, -0.2) is 42.3 Å². The van der Waals surface area contributed by atoms with Crippen LogP contribution in [0, 0.1) is 6.92 Å². The van der Waals surface area contributed by atoms with Gasteiger partial charge < -0.3 is 14.2 Å². The molecule has 0 spiro atoms. The molecule has 132 valence electrons. The summed E-state index contributed by atoms with van der Waals surface area (Å²) >= 11 is 0. The van der Waals surface area contributed by atoms with E-state index in [-0.39, 0.29) is 6.10 Å². The highest BCUT2D eigenvalue weighted by Crippen LogP contribution is 2.33. The van der Waals surface area contributed by atoms with Gasteiger partial charge >= 0.3 is 0 Å². The highest BCUT2D eigenvalue weighted by Gasteiger charge is 2.22. The first-order chi connectivity index (χ1) is 12.3. The lowest BCUT2D eigenvalue weighted by Gasteiger charge is -2.32. The maximum Gasteiger partial charge on any atom is 0.161 e.